The van der Waals surface area contributed by atoms with Crippen LogP contribution in [-0.4, -0.2) is 33.4 Å². The van der Waals surface area contributed by atoms with Crippen molar-refractivity contribution in [1.82, 2.24) is 14.0 Å². The highest BCUT2D eigenvalue weighted by atomic mass is 32.1. The van der Waals surface area contributed by atoms with Crippen molar-refractivity contribution < 1.29 is 4.79 Å². The fourth-order valence-corrected chi connectivity index (χ4v) is 3.16. The Bertz CT molecular complexity index is 836. The Labute approximate surface area is 137 Å². The first-order valence-corrected chi connectivity index (χ1v) is 7.96. The number of thiophene rings is 1. The summed E-state index contributed by atoms with van der Waals surface area (Å²) in [5.41, 5.74) is 4.46. The molecule has 0 aliphatic rings. The first-order chi connectivity index (χ1) is 10.8. The summed E-state index contributed by atoms with van der Waals surface area (Å²) >= 11 is 1.61. The molecular formula is C15H20N4O3S. The number of ketones is 1. The van der Waals surface area contributed by atoms with Crippen LogP contribution in [0.2, 0.25) is 0 Å². The SMILES string of the molecule is C[C@@H](c1cccs1)N(C)CC(=O)c1c(N)n(C)c(=O)n(C)c1=O. The summed E-state index contributed by atoms with van der Waals surface area (Å²) < 4.78 is 2.00. The van der Waals surface area contributed by atoms with E-state index in [4.69, 9.17) is 5.73 Å². The summed E-state index contributed by atoms with van der Waals surface area (Å²) in [6, 6.07) is 3.99. The van der Waals surface area contributed by atoms with Crippen molar-refractivity contribution in [1.29, 1.82) is 0 Å². The quantitative estimate of drug-likeness (QED) is 0.808. The van der Waals surface area contributed by atoms with Gasteiger partial charge in [0.15, 0.2) is 5.78 Å². The molecule has 0 saturated heterocycles. The Morgan fingerprint density at radius 1 is 1.35 bits per heavy atom. The van der Waals surface area contributed by atoms with Crippen molar-refractivity contribution in [3.05, 3.63) is 48.8 Å². The number of likely N-dealkylation sites (N-methyl/N-ethyl adjacent to an activating group) is 1. The van der Waals surface area contributed by atoms with Crippen molar-refractivity contribution >= 4 is 22.9 Å². The molecule has 2 rings (SSSR count). The predicted molar refractivity (Wildman–Crippen MR) is 91.0 cm³/mol. The maximum absolute atomic E-state index is 12.5. The summed E-state index contributed by atoms with van der Waals surface area (Å²) in [6.45, 7) is 2.03. The summed E-state index contributed by atoms with van der Waals surface area (Å²) in [5.74, 6) is -0.495. The van der Waals surface area contributed by atoms with Crippen LogP contribution in [0, 0.1) is 0 Å². The number of hydrogen-bond donors (Lipinski definition) is 1. The monoisotopic (exact) mass is 336 g/mol. The minimum atomic E-state index is -0.659. The molecule has 0 fully saturated rings. The van der Waals surface area contributed by atoms with Crippen molar-refractivity contribution in [2.75, 3.05) is 19.3 Å². The van der Waals surface area contributed by atoms with Gasteiger partial charge in [0.2, 0.25) is 0 Å². The van der Waals surface area contributed by atoms with E-state index in [1.54, 1.807) is 11.3 Å². The summed E-state index contributed by atoms with van der Waals surface area (Å²) in [4.78, 5) is 39.5. The van der Waals surface area contributed by atoms with Gasteiger partial charge in [-0.2, -0.15) is 0 Å². The molecule has 0 saturated carbocycles. The Morgan fingerprint density at radius 3 is 2.57 bits per heavy atom. The topological polar surface area (TPSA) is 90.3 Å². The Morgan fingerprint density at radius 2 is 2.00 bits per heavy atom. The number of aromatic nitrogens is 2. The molecule has 0 radical (unpaired) electrons. The van der Waals surface area contributed by atoms with Gasteiger partial charge in [0.05, 0.1) is 6.54 Å². The zero-order valence-electron chi connectivity index (χ0n) is 13.6. The predicted octanol–water partition coefficient (Wildman–Crippen LogP) is 0.603. The van der Waals surface area contributed by atoms with Crippen molar-refractivity contribution in [2.45, 2.75) is 13.0 Å². The van der Waals surface area contributed by atoms with E-state index in [9.17, 15) is 14.4 Å². The number of nitrogens with zero attached hydrogens (tertiary/aromatic N) is 3. The smallest absolute Gasteiger partial charge is 0.332 e. The van der Waals surface area contributed by atoms with Gasteiger partial charge in [0, 0.05) is 25.0 Å². The van der Waals surface area contributed by atoms with Crippen LogP contribution >= 0.6 is 11.3 Å². The van der Waals surface area contributed by atoms with Crippen LogP contribution in [0.25, 0.3) is 0 Å². The normalized spacial score (nSPS) is 12.6. The fourth-order valence-electron chi connectivity index (χ4n) is 2.31. The number of nitrogens with two attached hydrogens (primary N) is 1. The molecule has 2 aromatic rings. The molecule has 0 amide bonds. The fraction of sp³-hybridized carbons (Fsp3) is 0.400. The van der Waals surface area contributed by atoms with Gasteiger partial charge in [-0.05, 0) is 25.4 Å². The van der Waals surface area contributed by atoms with Gasteiger partial charge < -0.3 is 5.73 Å². The molecule has 2 aromatic heterocycles. The third-order valence-electron chi connectivity index (χ3n) is 4.00. The number of nitrogen functional groups attached to an aromatic ring is 1. The number of carbonyl (C=O) groups is 1. The highest BCUT2D eigenvalue weighted by molar-refractivity contribution is 7.10. The van der Waals surface area contributed by atoms with E-state index >= 15 is 0 Å². The van der Waals surface area contributed by atoms with Gasteiger partial charge in [-0.3, -0.25) is 23.6 Å². The van der Waals surface area contributed by atoms with E-state index in [1.807, 2.05) is 36.4 Å². The first kappa shape index (κ1) is 17.2. The van der Waals surface area contributed by atoms with Crippen LogP contribution in [0.1, 0.15) is 28.2 Å². The van der Waals surface area contributed by atoms with Crippen LogP contribution < -0.4 is 17.0 Å². The van der Waals surface area contributed by atoms with Crippen LogP contribution in [0.3, 0.4) is 0 Å². The Hall–Kier alpha value is -2.19. The highest BCUT2D eigenvalue weighted by Crippen LogP contribution is 2.23. The Kier molecular flexibility index (Phi) is 4.86. The van der Waals surface area contributed by atoms with E-state index in [2.05, 4.69) is 0 Å². The highest BCUT2D eigenvalue weighted by Gasteiger charge is 2.23. The number of anilines is 1. The summed E-state index contributed by atoms with van der Waals surface area (Å²) in [5, 5.41) is 1.97. The zero-order valence-corrected chi connectivity index (χ0v) is 14.4. The Balaban J connectivity index is 2.32. The second-order valence-electron chi connectivity index (χ2n) is 5.50. The van der Waals surface area contributed by atoms with Gasteiger partial charge >= 0.3 is 5.69 Å². The zero-order chi connectivity index (χ0) is 17.3. The van der Waals surface area contributed by atoms with Crippen molar-refractivity contribution in [3.63, 3.8) is 0 Å². The number of rotatable bonds is 5. The standard InChI is InChI=1S/C15H20N4O3S/c1-9(11-6-5-7-23-11)17(2)8-10(20)12-13(16)18(3)15(22)19(4)14(12)21/h5-7,9H,8,16H2,1-4H3/t9-/m0/s1. The summed E-state index contributed by atoms with van der Waals surface area (Å²) in [7, 11) is 4.58. The molecule has 124 valence electrons. The molecule has 1 atom stereocenters. The first-order valence-electron chi connectivity index (χ1n) is 7.08. The van der Waals surface area contributed by atoms with Crippen LogP contribution in [0.5, 0.6) is 0 Å². The minimum Gasteiger partial charge on any atom is -0.384 e. The van der Waals surface area contributed by atoms with Gasteiger partial charge in [-0.25, -0.2) is 4.79 Å². The van der Waals surface area contributed by atoms with Gasteiger partial charge in [0.1, 0.15) is 11.4 Å². The van der Waals surface area contributed by atoms with Gasteiger partial charge in [-0.1, -0.05) is 6.07 Å². The average Bonchev–Trinajstić information content (AvgIpc) is 3.04. The molecule has 0 aliphatic carbocycles. The molecular weight excluding hydrogens is 316 g/mol. The summed E-state index contributed by atoms with van der Waals surface area (Å²) in [6.07, 6.45) is 0. The van der Waals surface area contributed by atoms with Crippen LogP contribution in [-0.2, 0) is 14.1 Å². The maximum Gasteiger partial charge on any atom is 0.332 e. The third-order valence-corrected chi connectivity index (χ3v) is 5.04. The molecule has 0 spiro atoms. The average molecular weight is 336 g/mol. The maximum atomic E-state index is 12.5. The van der Waals surface area contributed by atoms with E-state index in [1.165, 1.54) is 14.1 Å². The van der Waals surface area contributed by atoms with Crippen LogP contribution in [0.15, 0.2) is 27.1 Å². The van der Waals surface area contributed by atoms with Crippen LogP contribution in [0.4, 0.5) is 5.82 Å². The van der Waals surface area contributed by atoms with Crippen molar-refractivity contribution in [2.24, 2.45) is 14.1 Å². The largest absolute Gasteiger partial charge is 0.384 e. The van der Waals surface area contributed by atoms with E-state index in [-0.39, 0.29) is 24.0 Å². The lowest BCUT2D eigenvalue weighted by Crippen LogP contribution is -2.43. The lowest BCUT2D eigenvalue weighted by Gasteiger charge is -2.23. The molecule has 2 heterocycles. The molecule has 8 heteroatoms. The molecule has 23 heavy (non-hydrogen) atoms. The number of carbonyl (C=O) groups excluding carboxylic acids is 1. The molecule has 0 bridgehead atoms. The molecule has 0 aliphatic heterocycles. The lowest BCUT2D eigenvalue weighted by molar-refractivity contribution is 0.0923. The second kappa shape index (κ2) is 6.51. The molecule has 0 aromatic carbocycles. The second-order valence-corrected chi connectivity index (χ2v) is 6.47. The molecule has 0 unspecified atom stereocenters. The number of hydrogen-bond acceptors (Lipinski definition) is 6. The van der Waals surface area contributed by atoms with E-state index < -0.39 is 17.0 Å². The van der Waals surface area contributed by atoms with E-state index in [0.717, 1.165) is 14.0 Å². The van der Waals surface area contributed by atoms with Gasteiger partial charge in [0.25, 0.3) is 5.56 Å². The van der Waals surface area contributed by atoms with E-state index in [0.29, 0.717) is 0 Å². The van der Waals surface area contributed by atoms with Gasteiger partial charge in [-0.15, -0.1) is 11.3 Å². The minimum absolute atomic E-state index is 0.0384. The van der Waals surface area contributed by atoms with Crippen molar-refractivity contribution in [3.8, 4) is 0 Å². The third kappa shape index (κ3) is 3.13. The number of Topliss-reactive ketones (excluding diaryl/α,β-unsaturated/α-hetero) is 1. The lowest BCUT2D eigenvalue weighted by atomic mass is 10.1. The molecule has 2 N–H and O–H groups in total. The molecule has 7 nitrogen and oxygen atoms in total.